The molecule has 0 aliphatic rings. The second kappa shape index (κ2) is 9.08. The van der Waals surface area contributed by atoms with Crippen molar-refractivity contribution in [1.29, 1.82) is 0 Å². The topological polar surface area (TPSA) is 42.3 Å². The highest BCUT2D eigenvalue weighted by Gasteiger charge is 2.01. The van der Waals surface area contributed by atoms with E-state index in [1.54, 1.807) is 7.11 Å². The number of ether oxygens (including phenoxy) is 1. The Labute approximate surface area is 110 Å². The smallest absolute Gasteiger partial charge is 0.0948 e. The minimum Gasteiger partial charge on any atom is -0.383 e. The van der Waals surface area contributed by atoms with Crippen molar-refractivity contribution < 1.29 is 4.74 Å². The number of rotatable bonds is 10. The zero-order valence-electron chi connectivity index (χ0n) is 11.9. The summed E-state index contributed by atoms with van der Waals surface area (Å²) < 4.78 is 7.24. The molecule has 1 N–H and O–H groups in total. The molecule has 18 heavy (non-hydrogen) atoms. The number of hydrogen-bond acceptors (Lipinski definition) is 4. The highest BCUT2D eigenvalue weighted by atomic mass is 16.5. The van der Waals surface area contributed by atoms with E-state index in [2.05, 4.69) is 33.9 Å². The summed E-state index contributed by atoms with van der Waals surface area (Å²) in [5.41, 5.74) is 1.25. The van der Waals surface area contributed by atoms with Gasteiger partial charge in [0, 0.05) is 32.9 Å². The number of aromatic nitrogens is 2. The van der Waals surface area contributed by atoms with Gasteiger partial charge < -0.3 is 19.5 Å². The summed E-state index contributed by atoms with van der Waals surface area (Å²) in [6, 6.07) is 0. The molecule has 0 amide bonds. The van der Waals surface area contributed by atoms with Gasteiger partial charge in [0.15, 0.2) is 0 Å². The van der Waals surface area contributed by atoms with Crippen molar-refractivity contribution >= 4 is 0 Å². The van der Waals surface area contributed by atoms with Crippen molar-refractivity contribution in [2.45, 2.75) is 25.9 Å². The van der Waals surface area contributed by atoms with Crippen LogP contribution in [0.5, 0.6) is 0 Å². The molecule has 1 heterocycles. The quantitative estimate of drug-likeness (QED) is 0.632. The van der Waals surface area contributed by atoms with Crippen LogP contribution in [0.15, 0.2) is 12.5 Å². The van der Waals surface area contributed by atoms with Crippen LogP contribution in [0.2, 0.25) is 0 Å². The molecule has 0 unspecified atom stereocenters. The zero-order chi connectivity index (χ0) is 13.2. The van der Waals surface area contributed by atoms with Gasteiger partial charge in [-0.1, -0.05) is 0 Å². The lowest BCUT2D eigenvalue weighted by Gasteiger charge is -2.11. The lowest BCUT2D eigenvalue weighted by atomic mass is 10.3. The van der Waals surface area contributed by atoms with Crippen molar-refractivity contribution in [3.8, 4) is 0 Å². The van der Waals surface area contributed by atoms with Gasteiger partial charge in [0.1, 0.15) is 0 Å². The average molecular weight is 254 g/mol. The SMILES string of the molecule is COCCNCc1cncn1CCCCN(C)C. The summed E-state index contributed by atoms with van der Waals surface area (Å²) in [5, 5.41) is 3.34. The Kier molecular flexibility index (Phi) is 7.64. The molecule has 0 aliphatic heterocycles. The third kappa shape index (κ3) is 6.14. The van der Waals surface area contributed by atoms with E-state index in [1.807, 2.05) is 12.5 Å². The molecule has 104 valence electrons. The number of imidazole rings is 1. The molecule has 0 aromatic carbocycles. The molecule has 0 radical (unpaired) electrons. The predicted octanol–water partition coefficient (Wildman–Crippen LogP) is 0.961. The van der Waals surface area contributed by atoms with Gasteiger partial charge in [-0.05, 0) is 33.5 Å². The van der Waals surface area contributed by atoms with E-state index in [-0.39, 0.29) is 0 Å². The molecule has 1 aromatic heterocycles. The molecule has 0 atom stereocenters. The Morgan fingerprint density at radius 3 is 2.94 bits per heavy atom. The fraction of sp³-hybridized carbons (Fsp3) is 0.769. The summed E-state index contributed by atoms with van der Waals surface area (Å²) in [6.07, 6.45) is 6.27. The van der Waals surface area contributed by atoms with Crippen molar-refractivity contribution in [1.82, 2.24) is 19.8 Å². The van der Waals surface area contributed by atoms with Crippen LogP contribution in [-0.2, 0) is 17.8 Å². The molecule has 1 rings (SSSR count). The van der Waals surface area contributed by atoms with Crippen molar-refractivity contribution in [3.05, 3.63) is 18.2 Å². The average Bonchev–Trinajstić information content (AvgIpc) is 2.78. The Bertz CT molecular complexity index is 312. The summed E-state index contributed by atoms with van der Waals surface area (Å²) in [4.78, 5) is 6.44. The maximum absolute atomic E-state index is 5.00. The van der Waals surface area contributed by atoms with E-state index in [4.69, 9.17) is 4.74 Å². The second-order valence-corrected chi connectivity index (χ2v) is 4.76. The van der Waals surface area contributed by atoms with Crippen molar-refractivity contribution in [3.63, 3.8) is 0 Å². The van der Waals surface area contributed by atoms with Crippen LogP contribution < -0.4 is 5.32 Å². The van der Waals surface area contributed by atoms with Gasteiger partial charge in [-0.15, -0.1) is 0 Å². The molecule has 0 aliphatic carbocycles. The van der Waals surface area contributed by atoms with Crippen LogP contribution in [0.4, 0.5) is 0 Å². The first kappa shape index (κ1) is 15.1. The van der Waals surface area contributed by atoms with Crippen LogP contribution >= 0.6 is 0 Å². The molecule has 0 saturated carbocycles. The predicted molar refractivity (Wildman–Crippen MR) is 73.6 cm³/mol. The van der Waals surface area contributed by atoms with Gasteiger partial charge in [-0.25, -0.2) is 4.98 Å². The maximum Gasteiger partial charge on any atom is 0.0948 e. The van der Waals surface area contributed by atoms with E-state index in [9.17, 15) is 0 Å². The lowest BCUT2D eigenvalue weighted by molar-refractivity contribution is 0.199. The minimum absolute atomic E-state index is 0.747. The van der Waals surface area contributed by atoms with Crippen molar-refractivity contribution in [2.24, 2.45) is 0 Å². The summed E-state index contributed by atoms with van der Waals surface area (Å²) >= 11 is 0. The fourth-order valence-electron chi connectivity index (χ4n) is 1.80. The zero-order valence-corrected chi connectivity index (χ0v) is 11.9. The first-order valence-corrected chi connectivity index (χ1v) is 6.57. The van der Waals surface area contributed by atoms with Crippen LogP contribution in [0.25, 0.3) is 0 Å². The van der Waals surface area contributed by atoms with E-state index in [1.165, 1.54) is 18.5 Å². The Hall–Kier alpha value is -0.910. The van der Waals surface area contributed by atoms with Gasteiger partial charge in [0.25, 0.3) is 0 Å². The van der Waals surface area contributed by atoms with Gasteiger partial charge in [0.05, 0.1) is 18.6 Å². The molecule has 0 saturated heterocycles. The number of nitrogens with one attached hydrogen (secondary N) is 1. The molecule has 0 fully saturated rings. The lowest BCUT2D eigenvalue weighted by Crippen LogP contribution is -2.20. The van der Waals surface area contributed by atoms with Gasteiger partial charge in [-0.3, -0.25) is 0 Å². The van der Waals surface area contributed by atoms with Gasteiger partial charge in [0.2, 0.25) is 0 Å². The number of nitrogens with zero attached hydrogens (tertiary/aromatic N) is 3. The molecule has 0 spiro atoms. The van der Waals surface area contributed by atoms with Crippen LogP contribution in [-0.4, -0.2) is 55.4 Å². The fourth-order valence-corrected chi connectivity index (χ4v) is 1.80. The Morgan fingerprint density at radius 1 is 1.39 bits per heavy atom. The number of methoxy groups -OCH3 is 1. The standard InChI is InChI=1S/C13H26N4O/c1-16(2)7-4-5-8-17-12-15-11-13(17)10-14-6-9-18-3/h11-12,14H,4-10H2,1-3H3. The molecule has 1 aromatic rings. The second-order valence-electron chi connectivity index (χ2n) is 4.76. The highest BCUT2D eigenvalue weighted by molar-refractivity contribution is 4.97. The summed E-state index contributed by atoms with van der Waals surface area (Å²) in [6.45, 7) is 4.68. The van der Waals surface area contributed by atoms with E-state index < -0.39 is 0 Å². The number of hydrogen-bond donors (Lipinski definition) is 1. The van der Waals surface area contributed by atoms with Crippen LogP contribution in [0.1, 0.15) is 18.5 Å². The minimum atomic E-state index is 0.747. The molecule has 5 heteroatoms. The Balaban J connectivity index is 2.22. The number of aryl methyl sites for hydroxylation is 1. The summed E-state index contributed by atoms with van der Waals surface area (Å²) in [7, 11) is 5.95. The third-order valence-electron chi connectivity index (χ3n) is 2.84. The van der Waals surface area contributed by atoms with E-state index >= 15 is 0 Å². The van der Waals surface area contributed by atoms with Gasteiger partial charge in [-0.2, -0.15) is 0 Å². The van der Waals surface area contributed by atoms with E-state index in [0.717, 1.165) is 32.8 Å². The largest absolute Gasteiger partial charge is 0.383 e. The van der Waals surface area contributed by atoms with Crippen LogP contribution in [0, 0.1) is 0 Å². The van der Waals surface area contributed by atoms with Crippen LogP contribution in [0.3, 0.4) is 0 Å². The Morgan fingerprint density at radius 2 is 2.22 bits per heavy atom. The molecular weight excluding hydrogens is 228 g/mol. The summed E-state index contributed by atoms with van der Waals surface area (Å²) in [5.74, 6) is 0. The maximum atomic E-state index is 5.00. The van der Waals surface area contributed by atoms with Gasteiger partial charge >= 0.3 is 0 Å². The normalized spacial score (nSPS) is 11.3. The first-order valence-electron chi connectivity index (χ1n) is 6.57. The molecule has 5 nitrogen and oxygen atoms in total. The highest BCUT2D eigenvalue weighted by Crippen LogP contribution is 2.02. The van der Waals surface area contributed by atoms with E-state index in [0.29, 0.717) is 0 Å². The first-order chi connectivity index (χ1) is 8.74. The molecular formula is C13H26N4O. The monoisotopic (exact) mass is 254 g/mol. The third-order valence-corrected chi connectivity index (χ3v) is 2.84. The van der Waals surface area contributed by atoms with Crippen molar-refractivity contribution in [2.75, 3.05) is 40.9 Å². The number of unbranched alkanes of at least 4 members (excludes halogenated alkanes) is 1. The molecule has 0 bridgehead atoms.